The van der Waals surface area contributed by atoms with Crippen molar-refractivity contribution in [2.45, 2.75) is 24.9 Å². The molecule has 1 saturated heterocycles. The molecular formula is C15H16F3N5O. The number of rotatable bonds is 3. The van der Waals surface area contributed by atoms with Crippen molar-refractivity contribution in [2.24, 2.45) is 5.73 Å². The number of primary amides is 1. The van der Waals surface area contributed by atoms with Gasteiger partial charge in [-0.05, 0) is 25.0 Å². The van der Waals surface area contributed by atoms with Gasteiger partial charge >= 0.3 is 6.18 Å². The molecule has 0 aromatic carbocycles. The molecule has 6 nitrogen and oxygen atoms in total. The highest BCUT2D eigenvalue weighted by Gasteiger charge is 2.35. The van der Waals surface area contributed by atoms with Crippen molar-refractivity contribution >= 4 is 11.7 Å². The summed E-state index contributed by atoms with van der Waals surface area (Å²) >= 11 is 0. The standard InChI is InChI=1S/C15H16F3N5O/c16-15(17,18)11-4-3-10(12(19)24)14(22-11)23-7-1-2-9(8-23)13-20-5-6-21-13/h3-6,9H,1-2,7-8H2,(H2,19,24)(H,20,21). The zero-order valence-corrected chi connectivity index (χ0v) is 12.7. The largest absolute Gasteiger partial charge is 0.433 e. The van der Waals surface area contributed by atoms with Gasteiger partial charge in [0.2, 0.25) is 0 Å². The van der Waals surface area contributed by atoms with E-state index in [-0.39, 0.29) is 17.3 Å². The summed E-state index contributed by atoms with van der Waals surface area (Å²) in [5.74, 6) is -0.0157. The Hall–Kier alpha value is -2.58. The van der Waals surface area contributed by atoms with E-state index in [1.807, 2.05) is 0 Å². The fourth-order valence-electron chi connectivity index (χ4n) is 2.93. The normalized spacial score (nSPS) is 18.6. The van der Waals surface area contributed by atoms with E-state index < -0.39 is 17.8 Å². The first-order valence-corrected chi connectivity index (χ1v) is 7.48. The molecule has 1 aliphatic heterocycles. The number of aromatic amines is 1. The smallest absolute Gasteiger partial charge is 0.365 e. The van der Waals surface area contributed by atoms with E-state index in [0.29, 0.717) is 13.1 Å². The lowest BCUT2D eigenvalue weighted by Crippen LogP contribution is -2.37. The lowest BCUT2D eigenvalue weighted by atomic mass is 9.97. The molecule has 2 aromatic rings. The SMILES string of the molecule is NC(=O)c1ccc(C(F)(F)F)nc1N1CCCC(c2ncc[nH]2)C1. The third-order valence-electron chi connectivity index (χ3n) is 4.06. The predicted octanol–water partition coefficient (Wildman–Crippen LogP) is 2.31. The average molecular weight is 339 g/mol. The van der Waals surface area contributed by atoms with E-state index in [9.17, 15) is 18.0 Å². The molecule has 3 rings (SSSR count). The summed E-state index contributed by atoms with van der Waals surface area (Å²) in [7, 11) is 0. The second kappa shape index (κ2) is 6.14. The molecule has 3 N–H and O–H groups in total. The number of nitrogens with two attached hydrogens (primary N) is 1. The summed E-state index contributed by atoms with van der Waals surface area (Å²) in [5.41, 5.74) is 4.25. The van der Waals surface area contributed by atoms with E-state index in [2.05, 4.69) is 15.0 Å². The first-order valence-electron chi connectivity index (χ1n) is 7.48. The fraction of sp³-hybridized carbons (Fsp3) is 0.400. The van der Waals surface area contributed by atoms with Gasteiger partial charge in [0.05, 0.1) is 5.56 Å². The number of imidazole rings is 1. The highest BCUT2D eigenvalue weighted by molar-refractivity contribution is 5.97. The maximum atomic E-state index is 13.0. The van der Waals surface area contributed by atoms with Crippen LogP contribution in [0.5, 0.6) is 0 Å². The Bertz CT molecular complexity index is 729. The van der Waals surface area contributed by atoms with Crippen LogP contribution in [0.1, 0.15) is 40.6 Å². The van der Waals surface area contributed by atoms with Crippen LogP contribution in [0, 0.1) is 0 Å². The van der Waals surface area contributed by atoms with Crippen LogP contribution in [0.2, 0.25) is 0 Å². The highest BCUT2D eigenvalue weighted by Crippen LogP contribution is 2.33. The molecule has 0 saturated carbocycles. The van der Waals surface area contributed by atoms with Crippen molar-refractivity contribution in [1.82, 2.24) is 15.0 Å². The van der Waals surface area contributed by atoms with Crippen LogP contribution in [0.15, 0.2) is 24.5 Å². The Labute approximate surface area is 135 Å². The number of aromatic nitrogens is 3. The maximum Gasteiger partial charge on any atom is 0.433 e. The van der Waals surface area contributed by atoms with Crippen molar-refractivity contribution in [2.75, 3.05) is 18.0 Å². The Morgan fingerprint density at radius 1 is 1.38 bits per heavy atom. The Balaban J connectivity index is 1.95. The zero-order valence-electron chi connectivity index (χ0n) is 12.7. The quantitative estimate of drug-likeness (QED) is 0.898. The van der Waals surface area contributed by atoms with E-state index in [1.165, 1.54) is 0 Å². The van der Waals surface area contributed by atoms with Gasteiger partial charge in [-0.1, -0.05) is 0 Å². The first kappa shape index (κ1) is 16.3. The first-order chi connectivity index (χ1) is 11.4. The van der Waals surface area contributed by atoms with Crippen LogP contribution in [0.3, 0.4) is 0 Å². The van der Waals surface area contributed by atoms with E-state index in [1.54, 1.807) is 17.3 Å². The molecule has 0 aliphatic carbocycles. The third-order valence-corrected chi connectivity index (χ3v) is 4.06. The lowest BCUT2D eigenvalue weighted by Gasteiger charge is -2.33. The predicted molar refractivity (Wildman–Crippen MR) is 80.5 cm³/mol. The third kappa shape index (κ3) is 3.19. The number of alkyl halides is 3. The number of halogens is 3. The number of hydrogen-bond acceptors (Lipinski definition) is 4. The number of H-pyrrole nitrogens is 1. The second-order valence-electron chi connectivity index (χ2n) is 5.69. The van der Waals surface area contributed by atoms with Gasteiger partial charge in [-0.2, -0.15) is 13.2 Å². The number of carbonyl (C=O) groups excluding carboxylic acids is 1. The molecule has 0 spiro atoms. The van der Waals surface area contributed by atoms with Gasteiger partial charge in [0, 0.05) is 31.4 Å². The van der Waals surface area contributed by atoms with Gasteiger partial charge in [-0.15, -0.1) is 0 Å². The van der Waals surface area contributed by atoms with Crippen LogP contribution < -0.4 is 10.6 Å². The molecule has 128 valence electrons. The van der Waals surface area contributed by atoms with Crippen LogP contribution in [0.25, 0.3) is 0 Å². The van der Waals surface area contributed by atoms with Gasteiger partial charge in [-0.25, -0.2) is 9.97 Å². The lowest BCUT2D eigenvalue weighted by molar-refractivity contribution is -0.141. The number of carbonyl (C=O) groups is 1. The van der Waals surface area contributed by atoms with Crippen molar-refractivity contribution in [3.05, 3.63) is 41.6 Å². The summed E-state index contributed by atoms with van der Waals surface area (Å²) in [6.07, 6.45) is 0.356. The topological polar surface area (TPSA) is 87.9 Å². The Morgan fingerprint density at radius 2 is 2.17 bits per heavy atom. The van der Waals surface area contributed by atoms with Crippen molar-refractivity contribution in [3.63, 3.8) is 0 Å². The molecule has 24 heavy (non-hydrogen) atoms. The molecule has 2 aromatic heterocycles. The van der Waals surface area contributed by atoms with Gasteiger partial charge in [0.1, 0.15) is 17.3 Å². The molecule has 3 heterocycles. The average Bonchev–Trinajstić information content (AvgIpc) is 3.08. The van der Waals surface area contributed by atoms with Crippen LogP contribution in [0.4, 0.5) is 19.0 Å². The number of nitrogens with one attached hydrogen (secondary N) is 1. The minimum atomic E-state index is -4.58. The van der Waals surface area contributed by atoms with Crippen molar-refractivity contribution in [1.29, 1.82) is 0 Å². The van der Waals surface area contributed by atoms with Gasteiger partial charge < -0.3 is 15.6 Å². The number of hydrogen-bond donors (Lipinski definition) is 2. The zero-order chi connectivity index (χ0) is 17.3. The number of amides is 1. The van der Waals surface area contributed by atoms with E-state index >= 15 is 0 Å². The number of piperidine rings is 1. The molecule has 1 fully saturated rings. The summed E-state index contributed by atoms with van der Waals surface area (Å²) in [6.45, 7) is 0.925. The summed E-state index contributed by atoms with van der Waals surface area (Å²) in [4.78, 5) is 24.2. The van der Waals surface area contributed by atoms with Crippen molar-refractivity contribution < 1.29 is 18.0 Å². The Morgan fingerprint density at radius 3 is 2.79 bits per heavy atom. The molecule has 0 bridgehead atoms. The second-order valence-corrected chi connectivity index (χ2v) is 5.69. The number of pyridine rings is 1. The minimum absolute atomic E-state index is 0.0110. The highest BCUT2D eigenvalue weighted by atomic mass is 19.4. The Kier molecular flexibility index (Phi) is 4.16. The van der Waals surface area contributed by atoms with E-state index in [4.69, 9.17) is 5.73 Å². The molecule has 0 radical (unpaired) electrons. The summed E-state index contributed by atoms with van der Waals surface area (Å²) < 4.78 is 38.9. The minimum Gasteiger partial charge on any atom is -0.365 e. The van der Waals surface area contributed by atoms with Crippen molar-refractivity contribution in [3.8, 4) is 0 Å². The monoisotopic (exact) mass is 339 g/mol. The van der Waals surface area contributed by atoms with Gasteiger partial charge in [0.25, 0.3) is 5.91 Å². The van der Waals surface area contributed by atoms with E-state index in [0.717, 1.165) is 30.8 Å². The molecule has 1 amide bonds. The van der Waals surface area contributed by atoms with Crippen LogP contribution >= 0.6 is 0 Å². The molecule has 1 unspecified atom stereocenters. The van der Waals surface area contributed by atoms with Gasteiger partial charge in [-0.3, -0.25) is 4.79 Å². The van der Waals surface area contributed by atoms with Crippen LogP contribution in [-0.2, 0) is 6.18 Å². The summed E-state index contributed by atoms with van der Waals surface area (Å²) in [6, 6.07) is 1.86. The fourth-order valence-corrected chi connectivity index (χ4v) is 2.93. The van der Waals surface area contributed by atoms with Crippen LogP contribution in [-0.4, -0.2) is 33.9 Å². The number of anilines is 1. The van der Waals surface area contributed by atoms with Gasteiger partial charge in [0.15, 0.2) is 0 Å². The maximum absolute atomic E-state index is 13.0. The molecule has 1 atom stereocenters. The summed E-state index contributed by atoms with van der Waals surface area (Å²) in [5, 5.41) is 0. The molecular weight excluding hydrogens is 323 g/mol. The number of nitrogens with zero attached hydrogens (tertiary/aromatic N) is 3. The molecule has 1 aliphatic rings. The molecule has 9 heteroatoms.